The highest BCUT2D eigenvalue weighted by atomic mass is 16.5. The van der Waals surface area contributed by atoms with Crippen LogP contribution >= 0.6 is 0 Å². The van der Waals surface area contributed by atoms with Crippen LogP contribution in [0.15, 0.2) is 48.5 Å². The van der Waals surface area contributed by atoms with E-state index in [2.05, 4.69) is 4.90 Å². The molecule has 2 aromatic rings. The summed E-state index contributed by atoms with van der Waals surface area (Å²) in [7, 11) is 0. The highest BCUT2D eigenvalue weighted by Gasteiger charge is 2.32. The van der Waals surface area contributed by atoms with Crippen LogP contribution in [0.2, 0.25) is 0 Å². The SMILES string of the molecule is CCN(CC)C(=O)[C@@H]1COCCN1Cc1cc(C(=O)O)ccc1-c1ccccc1. The summed E-state index contributed by atoms with van der Waals surface area (Å²) in [6, 6.07) is 14.8. The van der Waals surface area contributed by atoms with Gasteiger partial charge in [0.2, 0.25) is 5.91 Å². The summed E-state index contributed by atoms with van der Waals surface area (Å²) < 4.78 is 5.60. The van der Waals surface area contributed by atoms with E-state index in [0.717, 1.165) is 16.7 Å². The second kappa shape index (κ2) is 9.67. The minimum Gasteiger partial charge on any atom is -0.478 e. The fourth-order valence-electron chi connectivity index (χ4n) is 3.78. The number of hydrogen-bond donors (Lipinski definition) is 1. The van der Waals surface area contributed by atoms with Crippen LogP contribution in [0.25, 0.3) is 11.1 Å². The first-order valence-electron chi connectivity index (χ1n) is 10.1. The normalized spacial score (nSPS) is 17.1. The zero-order chi connectivity index (χ0) is 20.8. The molecule has 0 unspecified atom stereocenters. The number of aromatic carboxylic acids is 1. The molecule has 2 aromatic carbocycles. The van der Waals surface area contributed by atoms with Crippen molar-refractivity contribution in [2.45, 2.75) is 26.4 Å². The van der Waals surface area contributed by atoms with Gasteiger partial charge in [0.25, 0.3) is 0 Å². The van der Waals surface area contributed by atoms with Gasteiger partial charge in [0.15, 0.2) is 0 Å². The molecule has 1 saturated heterocycles. The lowest BCUT2D eigenvalue weighted by Crippen LogP contribution is -2.54. The first-order valence-corrected chi connectivity index (χ1v) is 10.1. The van der Waals surface area contributed by atoms with Gasteiger partial charge in [-0.15, -0.1) is 0 Å². The monoisotopic (exact) mass is 396 g/mol. The maximum absolute atomic E-state index is 13.0. The van der Waals surface area contributed by atoms with Crippen molar-refractivity contribution < 1.29 is 19.4 Å². The predicted molar refractivity (Wildman–Crippen MR) is 112 cm³/mol. The summed E-state index contributed by atoms with van der Waals surface area (Å²) in [5, 5.41) is 9.46. The van der Waals surface area contributed by atoms with Crippen molar-refractivity contribution in [1.82, 2.24) is 9.80 Å². The molecule has 1 amide bonds. The predicted octanol–water partition coefficient (Wildman–Crippen LogP) is 3.12. The van der Waals surface area contributed by atoms with Crippen LogP contribution in [-0.2, 0) is 16.1 Å². The minimum atomic E-state index is -0.955. The Labute approximate surface area is 171 Å². The molecule has 1 N–H and O–H groups in total. The van der Waals surface area contributed by atoms with Crippen LogP contribution in [0, 0.1) is 0 Å². The standard InChI is InChI=1S/C23H28N2O4/c1-3-24(4-2)22(26)21-16-29-13-12-25(21)15-19-14-18(23(27)28)10-11-20(19)17-8-6-5-7-9-17/h5-11,14,21H,3-4,12-13,15-16H2,1-2H3,(H,27,28)/t21-/m0/s1. The van der Waals surface area contributed by atoms with Gasteiger partial charge in [-0.05, 0) is 42.7 Å². The summed E-state index contributed by atoms with van der Waals surface area (Å²) in [4.78, 5) is 28.5. The number of nitrogens with zero attached hydrogens (tertiary/aromatic N) is 2. The smallest absolute Gasteiger partial charge is 0.335 e. The topological polar surface area (TPSA) is 70.1 Å². The number of likely N-dealkylation sites (N-methyl/N-ethyl adjacent to an activating group) is 1. The van der Waals surface area contributed by atoms with E-state index >= 15 is 0 Å². The second-order valence-corrected chi connectivity index (χ2v) is 7.11. The molecule has 0 radical (unpaired) electrons. The molecule has 6 nitrogen and oxygen atoms in total. The minimum absolute atomic E-state index is 0.0605. The number of carbonyl (C=O) groups is 2. The number of ether oxygens (including phenoxy) is 1. The first kappa shape index (κ1) is 21.0. The van der Waals surface area contributed by atoms with Crippen LogP contribution in [0.1, 0.15) is 29.8 Å². The van der Waals surface area contributed by atoms with Crippen molar-refractivity contribution in [3.05, 3.63) is 59.7 Å². The van der Waals surface area contributed by atoms with Crippen LogP contribution in [0.3, 0.4) is 0 Å². The van der Waals surface area contributed by atoms with Crippen molar-refractivity contribution >= 4 is 11.9 Å². The molecule has 0 spiro atoms. The zero-order valence-corrected chi connectivity index (χ0v) is 17.0. The first-order chi connectivity index (χ1) is 14.0. The molecule has 6 heteroatoms. The molecule has 1 heterocycles. The summed E-state index contributed by atoms with van der Waals surface area (Å²) in [6.45, 7) is 7.29. The molecule has 1 fully saturated rings. The largest absolute Gasteiger partial charge is 0.478 e. The fourth-order valence-corrected chi connectivity index (χ4v) is 3.78. The van der Waals surface area contributed by atoms with E-state index in [1.165, 1.54) is 0 Å². The molecular formula is C23H28N2O4. The number of carbonyl (C=O) groups excluding carboxylic acids is 1. The quantitative estimate of drug-likeness (QED) is 0.779. The molecule has 3 rings (SSSR count). The number of rotatable bonds is 7. The fraction of sp³-hybridized carbons (Fsp3) is 0.391. The third kappa shape index (κ3) is 4.83. The Kier molecular flexibility index (Phi) is 7.01. The third-order valence-corrected chi connectivity index (χ3v) is 5.41. The van der Waals surface area contributed by atoms with Crippen LogP contribution in [0.5, 0.6) is 0 Å². The van der Waals surface area contributed by atoms with Gasteiger partial charge in [0, 0.05) is 26.2 Å². The van der Waals surface area contributed by atoms with Crippen molar-refractivity contribution in [1.29, 1.82) is 0 Å². The summed E-state index contributed by atoms with van der Waals surface area (Å²) >= 11 is 0. The van der Waals surface area contributed by atoms with E-state index in [1.54, 1.807) is 12.1 Å². The van der Waals surface area contributed by atoms with Gasteiger partial charge in [-0.25, -0.2) is 4.79 Å². The Bertz CT molecular complexity index is 849. The maximum Gasteiger partial charge on any atom is 0.335 e. The number of hydrogen-bond acceptors (Lipinski definition) is 4. The highest BCUT2D eigenvalue weighted by molar-refractivity contribution is 5.89. The Hall–Kier alpha value is -2.70. The Balaban J connectivity index is 1.95. The van der Waals surface area contributed by atoms with Crippen molar-refractivity contribution in [2.24, 2.45) is 0 Å². The Morgan fingerprint density at radius 3 is 2.52 bits per heavy atom. The van der Waals surface area contributed by atoms with E-state index in [0.29, 0.717) is 39.4 Å². The number of morpholine rings is 1. The maximum atomic E-state index is 13.0. The molecule has 0 bridgehead atoms. The number of carboxylic acids is 1. The highest BCUT2D eigenvalue weighted by Crippen LogP contribution is 2.27. The average molecular weight is 396 g/mol. The van der Waals surface area contributed by atoms with Gasteiger partial charge in [0.05, 0.1) is 18.8 Å². The van der Waals surface area contributed by atoms with Crippen LogP contribution < -0.4 is 0 Å². The van der Waals surface area contributed by atoms with Crippen molar-refractivity contribution in [3.8, 4) is 11.1 Å². The number of carboxylic acid groups (broad SMARTS) is 1. The van der Waals surface area contributed by atoms with Gasteiger partial charge in [-0.3, -0.25) is 9.69 Å². The second-order valence-electron chi connectivity index (χ2n) is 7.11. The van der Waals surface area contributed by atoms with Crippen molar-refractivity contribution in [3.63, 3.8) is 0 Å². The summed E-state index contributed by atoms with van der Waals surface area (Å²) in [6.07, 6.45) is 0. The molecule has 0 saturated carbocycles. The van der Waals surface area contributed by atoms with Crippen LogP contribution in [0.4, 0.5) is 0 Å². The molecule has 1 aliphatic rings. The van der Waals surface area contributed by atoms with Crippen LogP contribution in [-0.4, -0.2) is 65.7 Å². The van der Waals surface area contributed by atoms with Gasteiger partial charge in [0.1, 0.15) is 6.04 Å². The van der Waals surface area contributed by atoms with Gasteiger partial charge >= 0.3 is 5.97 Å². The molecule has 1 aliphatic heterocycles. The zero-order valence-electron chi connectivity index (χ0n) is 17.0. The van der Waals surface area contributed by atoms with E-state index in [9.17, 15) is 14.7 Å². The van der Waals surface area contributed by atoms with E-state index in [-0.39, 0.29) is 17.5 Å². The number of benzene rings is 2. The average Bonchev–Trinajstić information content (AvgIpc) is 2.75. The molecule has 0 aromatic heterocycles. The van der Waals surface area contributed by atoms with Gasteiger partial charge in [-0.1, -0.05) is 36.4 Å². The Morgan fingerprint density at radius 2 is 1.86 bits per heavy atom. The Morgan fingerprint density at radius 1 is 1.14 bits per heavy atom. The lowest BCUT2D eigenvalue weighted by Gasteiger charge is -2.37. The van der Waals surface area contributed by atoms with E-state index in [4.69, 9.17) is 4.74 Å². The number of amides is 1. The van der Waals surface area contributed by atoms with Crippen molar-refractivity contribution in [2.75, 3.05) is 32.8 Å². The third-order valence-electron chi connectivity index (χ3n) is 5.41. The van der Waals surface area contributed by atoms with E-state index in [1.807, 2.05) is 55.1 Å². The molecule has 0 aliphatic carbocycles. The van der Waals surface area contributed by atoms with E-state index < -0.39 is 5.97 Å². The molecule has 29 heavy (non-hydrogen) atoms. The molecular weight excluding hydrogens is 368 g/mol. The summed E-state index contributed by atoms with van der Waals surface area (Å²) in [5.74, 6) is -0.894. The molecule has 154 valence electrons. The lowest BCUT2D eigenvalue weighted by molar-refractivity contribution is -0.143. The summed E-state index contributed by atoms with van der Waals surface area (Å²) in [5.41, 5.74) is 3.16. The van der Waals surface area contributed by atoms with Gasteiger partial charge < -0.3 is 14.7 Å². The lowest BCUT2D eigenvalue weighted by atomic mass is 9.96. The molecule has 1 atom stereocenters. The van der Waals surface area contributed by atoms with Gasteiger partial charge in [-0.2, -0.15) is 0 Å².